The maximum atomic E-state index is 12.1. The molecule has 0 unspecified atom stereocenters. The Kier molecular flexibility index (Phi) is 6.95. The molecule has 0 bridgehead atoms. The molecule has 0 aliphatic heterocycles. The molecular formula is C23H33O2-. The summed E-state index contributed by atoms with van der Waals surface area (Å²) in [7, 11) is 0. The van der Waals surface area contributed by atoms with Crippen LogP contribution in [0.25, 0.3) is 0 Å². The van der Waals surface area contributed by atoms with Gasteiger partial charge in [-0.2, -0.15) is 0 Å². The summed E-state index contributed by atoms with van der Waals surface area (Å²) in [5.41, 5.74) is 2.70. The third-order valence-corrected chi connectivity index (χ3v) is 6.42. The first-order chi connectivity index (χ1) is 12.3. The number of hydrogen-bond donors (Lipinski definition) is 0. The molecule has 3 rings (SSSR count). The summed E-state index contributed by atoms with van der Waals surface area (Å²) in [6, 6.07) is 6.25. The predicted molar refractivity (Wildman–Crippen MR) is 101 cm³/mol. The van der Waals surface area contributed by atoms with Gasteiger partial charge in [0.1, 0.15) is 0 Å². The molecule has 138 valence electrons. The molecule has 2 aliphatic carbocycles. The SMILES string of the molecule is O=C([O-])c1c(C2CCCCCCC2)cccc1C1CCCCCCC1. The minimum Gasteiger partial charge on any atom is -0.545 e. The topological polar surface area (TPSA) is 40.1 Å². The lowest BCUT2D eigenvalue weighted by atomic mass is 9.78. The van der Waals surface area contributed by atoms with E-state index < -0.39 is 5.97 Å². The molecule has 25 heavy (non-hydrogen) atoms. The fourth-order valence-electron chi connectivity index (χ4n) is 5.04. The van der Waals surface area contributed by atoms with Crippen molar-refractivity contribution in [2.45, 2.75) is 102 Å². The van der Waals surface area contributed by atoms with Gasteiger partial charge >= 0.3 is 0 Å². The lowest BCUT2D eigenvalue weighted by Gasteiger charge is -2.28. The number of rotatable bonds is 3. The summed E-state index contributed by atoms with van der Waals surface area (Å²) in [5, 5.41) is 12.1. The zero-order valence-electron chi connectivity index (χ0n) is 15.6. The first-order valence-electron chi connectivity index (χ1n) is 10.6. The van der Waals surface area contributed by atoms with Crippen molar-refractivity contribution in [2.24, 2.45) is 0 Å². The van der Waals surface area contributed by atoms with Gasteiger partial charge in [-0.1, -0.05) is 82.4 Å². The fraction of sp³-hybridized carbons (Fsp3) is 0.696. The van der Waals surface area contributed by atoms with E-state index >= 15 is 0 Å². The molecule has 0 amide bonds. The van der Waals surface area contributed by atoms with Crippen LogP contribution in [-0.4, -0.2) is 5.97 Å². The zero-order valence-corrected chi connectivity index (χ0v) is 15.6. The van der Waals surface area contributed by atoms with Gasteiger partial charge < -0.3 is 9.90 Å². The summed E-state index contributed by atoms with van der Waals surface area (Å²) in [5.74, 6) is -0.141. The van der Waals surface area contributed by atoms with Gasteiger partial charge in [-0.05, 0) is 48.6 Å². The molecule has 2 heteroatoms. The van der Waals surface area contributed by atoms with Crippen molar-refractivity contribution in [2.75, 3.05) is 0 Å². The minimum absolute atomic E-state index is 0.404. The van der Waals surface area contributed by atoms with Gasteiger partial charge in [0.15, 0.2) is 0 Å². The number of hydrogen-bond acceptors (Lipinski definition) is 2. The molecule has 1 aromatic carbocycles. The van der Waals surface area contributed by atoms with Crippen LogP contribution in [0.15, 0.2) is 18.2 Å². The van der Waals surface area contributed by atoms with Crippen LogP contribution in [0.3, 0.4) is 0 Å². The van der Waals surface area contributed by atoms with Gasteiger partial charge in [0.2, 0.25) is 0 Å². The molecule has 0 aromatic heterocycles. The number of benzene rings is 1. The fourth-order valence-corrected chi connectivity index (χ4v) is 5.04. The zero-order chi connectivity index (χ0) is 17.5. The van der Waals surface area contributed by atoms with Gasteiger partial charge in [0.05, 0.1) is 5.97 Å². The van der Waals surface area contributed by atoms with Crippen molar-refractivity contribution in [3.63, 3.8) is 0 Å². The number of aromatic carboxylic acids is 1. The van der Waals surface area contributed by atoms with Gasteiger partial charge in [-0.25, -0.2) is 0 Å². The summed E-state index contributed by atoms with van der Waals surface area (Å²) in [6.45, 7) is 0. The van der Waals surface area contributed by atoms with Crippen LogP contribution in [-0.2, 0) is 0 Å². The molecule has 0 heterocycles. The molecule has 2 aliphatic rings. The molecule has 2 saturated carbocycles. The van der Waals surface area contributed by atoms with E-state index in [4.69, 9.17) is 0 Å². The Hall–Kier alpha value is -1.31. The van der Waals surface area contributed by atoms with E-state index in [-0.39, 0.29) is 0 Å². The summed E-state index contributed by atoms with van der Waals surface area (Å²) in [4.78, 5) is 12.1. The highest BCUT2D eigenvalue weighted by Gasteiger charge is 2.23. The second-order valence-corrected chi connectivity index (χ2v) is 8.18. The van der Waals surface area contributed by atoms with Crippen LogP contribution in [0.4, 0.5) is 0 Å². The van der Waals surface area contributed by atoms with E-state index in [1.54, 1.807) is 0 Å². The standard InChI is InChI=1S/C23H34O2/c24-23(25)22-20(18-12-7-3-1-4-8-13-18)16-11-17-21(22)19-14-9-5-2-6-10-15-19/h11,16-19H,1-10,12-15H2,(H,24,25)/p-1. The molecule has 0 radical (unpaired) electrons. The Balaban J connectivity index is 1.91. The average Bonchev–Trinajstić information content (AvgIpc) is 2.53. The normalized spacial score (nSPS) is 21.8. The lowest BCUT2D eigenvalue weighted by Crippen LogP contribution is -2.27. The maximum Gasteiger partial charge on any atom is 0.0721 e. The second kappa shape index (κ2) is 9.40. The van der Waals surface area contributed by atoms with Crippen LogP contribution in [0.1, 0.15) is 123 Å². The number of carbonyl (C=O) groups excluding carboxylic acids is 1. The third kappa shape index (κ3) is 4.86. The van der Waals surface area contributed by atoms with Crippen LogP contribution in [0.2, 0.25) is 0 Å². The van der Waals surface area contributed by atoms with Gasteiger partial charge in [-0.15, -0.1) is 0 Å². The van der Waals surface area contributed by atoms with Crippen LogP contribution in [0, 0.1) is 0 Å². The molecule has 0 atom stereocenters. The average molecular weight is 342 g/mol. The van der Waals surface area contributed by atoms with E-state index in [9.17, 15) is 9.90 Å². The molecule has 1 aromatic rings. The number of carboxylic acids is 1. The Morgan fingerprint density at radius 2 is 1.04 bits per heavy atom. The Morgan fingerprint density at radius 1 is 0.680 bits per heavy atom. The molecule has 2 fully saturated rings. The Morgan fingerprint density at radius 3 is 1.40 bits per heavy atom. The van der Waals surface area contributed by atoms with Gasteiger partial charge in [0.25, 0.3) is 0 Å². The Bertz CT molecular complexity index is 507. The van der Waals surface area contributed by atoms with Crippen molar-refractivity contribution in [1.82, 2.24) is 0 Å². The first kappa shape index (κ1) is 18.5. The lowest BCUT2D eigenvalue weighted by molar-refractivity contribution is -0.255. The van der Waals surface area contributed by atoms with E-state index in [1.165, 1.54) is 64.2 Å². The van der Waals surface area contributed by atoms with Crippen molar-refractivity contribution >= 4 is 5.97 Å². The Labute approximate surface area is 153 Å². The highest BCUT2D eigenvalue weighted by Crippen LogP contribution is 2.38. The highest BCUT2D eigenvalue weighted by atomic mass is 16.4. The minimum atomic E-state index is -0.949. The largest absolute Gasteiger partial charge is 0.545 e. The van der Waals surface area contributed by atoms with Gasteiger partial charge in [-0.3, -0.25) is 0 Å². The van der Waals surface area contributed by atoms with Crippen LogP contribution < -0.4 is 5.11 Å². The van der Waals surface area contributed by atoms with Crippen molar-refractivity contribution in [1.29, 1.82) is 0 Å². The van der Waals surface area contributed by atoms with Crippen molar-refractivity contribution in [3.8, 4) is 0 Å². The van der Waals surface area contributed by atoms with Crippen LogP contribution in [0.5, 0.6) is 0 Å². The van der Waals surface area contributed by atoms with Gasteiger partial charge in [0, 0.05) is 5.56 Å². The molecule has 0 saturated heterocycles. The quantitative estimate of drug-likeness (QED) is 0.707. The maximum absolute atomic E-state index is 12.1. The van der Waals surface area contributed by atoms with Crippen molar-refractivity contribution in [3.05, 3.63) is 34.9 Å². The summed E-state index contributed by atoms with van der Waals surface area (Å²) >= 11 is 0. The molecule has 0 spiro atoms. The highest BCUT2D eigenvalue weighted by molar-refractivity contribution is 5.90. The van der Waals surface area contributed by atoms with E-state index in [1.807, 2.05) is 0 Å². The van der Waals surface area contributed by atoms with E-state index in [0.717, 1.165) is 36.8 Å². The smallest absolute Gasteiger partial charge is 0.0721 e. The molecular weight excluding hydrogens is 308 g/mol. The van der Waals surface area contributed by atoms with Crippen molar-refractivity contribution < 1.29 is 9.90 Å². The number of carboxylic acid groups (broad SMARTS) is 1. The number of carbonyl (C=O) groups is 1. The monoisotopic (exact) mass is 341 g/mol. The summed E-state index contributed by atoms with van der Waals surface area (Å²) in [6.07, 6.45) is 17.3. The molecule has 0 N–H and O–H groups in total. The van der Waals surface area contributed by atoms with E-state index in [0.29, 0.717) is 17.4 Å². The first-order valence-corrected chi connectivity index (χ1v) is 10.6. The second-order valence-electron chi connectivity index (χ2n) is 8.18. The molecule has 2 nitrogen and oxygen atoms in total. The van der Waals surface area contributed by atoms with Crippen LogP contribution >= 0.6 is 0 Å². The predicted octanol–water partition coefficient (Wildman–Crippen LogP) is 5.71. The summed E-state index contributed by atoms with van der Waals surface area (Å²) < 4.78 is 0. The third-order valence-electron chi connectivity index (χ3n) is 6.42. The van der Waals surface area contributed by atoms with E-state index in [2.05, 4.69) is 18.2 Å².